The number of nitrogens with zero attached hydrogens (tertiary/aromatic N) is 1. The lowest BCUT2D eigenvalue weighted by Crippen LogP contribution is -2.08. The highest BCUT2D eigenvalue weighted by Gasteiger charge is 2.19. The molecule has 0 radical (unpaired) electrons. The summed E-state index contributed by atoms with van der Waals surface area (Å²) in [4.78, 5) is 5.67. The molecule has 1 heterocycles. The fourth-order valence-corrected chi connectivity index (χ4v) is 3.10. The molecule has 0 N–H and O–H groups in total. The van der Waals surface area contributed by atoms with Crippen LogP contribution in [0.2, 0.25) is 0 Å². The fourth-order valence-electron chi connectivity index (χ4n) is 2.22. The van der Waals surface area contributed by atoms with Crippen LogP contribution in [0.5, 0.6) is 0 Å². The second-order valence-electron chi connectivity index (χ2n) is 4.86. The van der Waals surface area contributed by atoms with Crippen molar-refractivity contribution in [3.8, 4) is 0 Å². The lowest BCUT2D eigenvalue weighted by molar-refractivity contribution is 0.418. The van der Waals surface area contributed by atoms with Crippen molar-refractivity contribution in [2.45, 2.75) is 35.8 Å². The maximum atomic E-state index is 4.38. The van der Waals surface area contributed by atoms with Gasteiger partial charge in [0.25, 0.3) is 0 Å². The van der Waals surface area contributed by atoms with E-state index in [1.165, 1.54) is 35.3 Å². The van der Waals surface area contributed by atoms with Crippen LogP contribution in [0.25, 0.3) is 0 Å². The van der Waals surface area contributed by atoms with Crippen molar-refractivity contribution in [1.82, 2.24) is 4.98 Å². The van der Waals surface area contributed by atoms with Gasteiger partial charge in [0, 0.05) is 23.0 Å². The van der Waals surface area contributed by atoms with E-state index in [1.54, 1.807) is 0 Å². The molecule has 0 atom stereocenters. The Kier molecular flexibility index (Phi) is 3.65. The summed E-state index contributed by atoms with van der Waals surface area (Å²) in [6.45, 7) is 0. The van der Waals surface area contributed by atoms with Crippen LogP contribution in [0.3, 0.4) is 0 Å². The molecule has 0 amide bonds. The molecule has 1 nitrogen and oxygen atoms in total. The van der Waals surface area contributed by atoms with Crippen LogP contribution < -0.4 is 0 Å². The molecule has 1 aliphatic carbocycles. The van der Waals surface area contributed by atoms with E-state index in [0.29, 0.717) is 0 Å². The predicted octanol–water partition coefficient (Wildman–Crippen LogP) is 4.64. The molecule has 0 unspecified atom stereocenters. The van der Waals surface area contributed by atoms with Crippen LogP contribution in [-0.2, 0) is 5.75 Å². The molecular weight excluding hydrogens is 238 g/mol. The summed E-state index contributed by atoms with van der Waals surface area (Å²) in [5.74, 6) is 1.80. The van der Waals surface area contributed by atoms with Gasteiger partial charge in [-0.3, -0.25) is 4.98 Å². The number of rotatable bonds is 4. The first-order valence-electron chi connectivity index (χ1n) is 6.53. The van der Waals surface area contributed by atoms with Crippen molar-refractivity contribution in [3.05, 3.63) is 59.9 Å². The molecule has 1 fully saturated rings. The molecule has 1 aromatic carbocycles. The van der Waals surface area contributed by atoms with Crippen LogP contribution in [0.15, 0.2) is 53.7 Å². The second-order valence-corrected chi connectivity index (χ2v) is 5.90. The number of hydrogen-bond acceptors (Lipinski definition) is 2. The average molecular weight is 255 g/mol. The number of thioether (sulfide) groups is 1. The Morgan fingerprint density at radius 1 is 1.11 bits per heavy atom. The number of aromatic nitrogens is 1. The van der Waals surface area contributed by atoms with Crippen LogP contribution in [0.1, 0.15) is 36.3 Å². The molecule has 2 aromatic rings. The summed E-state index contributed by atoms with van der Waals surface area (Å²) < 4.78 is 0. The highest BCUT2D eigenvalue weighted by atomic mass is 32.2. The van der Waals surface area contributed by atoms with Gasteiger partial charge in [0.1, 0.15) is 0 Å². The maximum Gasteiger partial charge on any atom is 0.0404 e. The van der Waals surface area contributed by atoms with Crippen molar-refractivity contribution >= 4 is 11.8 Å². The van der Waals surface area contributed by atoms with E-state index in [9.17, 15) is 0 Å². The van der Waals surface area contributed by atoms with Crippen LogP contribution in [-0.4, -0.2) is 4.98 Å². The number of benzene rings is 1. The third-order valence-electron chi connectivity index (χ3n) is 3.56. The zero-order valence-electron chi connectivity index (χ0n) is 10.4. The monoisotopic (exact) mass is 255 g/mol. The first-order valence-corrected chi connectivity index (χ1v) is 7.52. The Hall–Kier alpha value is -1.28. The minimum atomic E-state index is 0.773. The van der Waals surface area contributed by atoms with Gasteiger partial charge >= 0.3 is 0 Å². The third-order valence-corrected chi connectivity index (χ3v) is 4.59. The SMILES string of the molecule is c1ccc(CSc2cncc(C3CCC3)c2)cc1. The third kappa shape index (κ3) is 2.75. The van der Waals surface area contributed by atoms with Crippen molar-refractivity contribution < 1.29 is 0 Å². The quantitative estimate of drug-likeness (QED) is 0.738. The molecule has 18 heavy (non-hydrogen) atoms. The molecule has 0 aliphatic heterocycles. The summed E-state index contributed by atoms with van der Waals surface area (Å²) in [7, 11) is 0. The molecular formula is C16H17NS. The summed E-state index contributed by atoms with van der Waals surface area (Å²) >= 11 is 1.88. The van der Waals surface area contributed by atoms with Crippen LogP contribution in [0, 0.1) is 0 Å². The van der Waals surface area contributed by atoms with Gasteiger partial charge in [-0.05, 0) is 36.0 Å². The van der Waals surface area contributed by atoms with E-state index in [-0.39, 0.29) is 0 Å². The van der Waals surface area contributed by atoms with E-state index in [0.717, 1.165) is 11.7 Å². The van der Waals surface area contributed by atoms with Crippen LogP contribution in [0.4, 0.5) is 0 Å². The molecule has 1 aromatic heterocycles. The smallest absolute Gasteiger partial charge is 0.0404 e. The van der Waals surface area contributed by atoms with Gasteiger partial charge in [-0.25, -0.2) is 0 Å². The highest BCUT2D eigenvalue weighted by molar-refractivity contribution is 7.98. The molecule has 3 rings (SSSR count). The fraction of sp³-hybridized carbons (Fsp3) is 0.312. The maximum absolute atomic E-state index is 4.38. The predicted molar refractivity (Wildman–Crippen MR) is 76.8 cm³/mol. The first kappa shape index (κ1) is 11.8. The Labute approximate surface area is 113 Å². The lowest BCUT2D eigenvalue weighted by Gasteiger charge is -2.25. The van der Waals surface area contributed by atoms with E-state index < -0.39 is 0 Å². The Balaban J connectivity index is 1.65. The zero-order chi connectivity index (χ0) is 12.2. The van der Waals surface area contributed by atoms with Gasteiger partial charge in [0.05, 0.1) is 0 Å². The molecule has 0 bridgehead atoms. The van der Waals surface area contributed by atoms with Gasteiger partial charge in [0.2, 0.25) is 0 Å². The summed E-state index contributed by atoms with van der Waals surface area (Å²) in [5, 5.41) is 0. The van der Waals surface area contributed by atoms with Crippen molar-refractivity contribution in [2.24, 2.45) is 0 Å². The minimum absolute atomic E-state index is 0.773. The Morgan fingerprint density at radius 2 is 1.94 bits per heavy atom. The standard InChI is InChI=1S/C16H17NS/c1-2-5-13(6-3-1)12-18-16-9-15(10-17-11-16)14-7-4-8-14/h1-3,5-6,9-11,14H,4,7-8,12H2. The molecule has 92 valence electrons. The number of pyridine rings is 1. The highest BCUT2D eigenvalue weighted by Crippen LogP contribution is 2.37. The first-order chi connectivity index (χ1) is 8.92. The molecule has 1 saturated carbocycles. The van der Waals surface area contributed by atoms with Gasteiger partial charge in [-0.1, -0.05) is 36.8 Å². The zero-order valence-corrected chi connectivity index (χ0v) is 11.2. The van der Waals surface area contributed by atoms with E-state index in [4.69, 9.17) is 0 Å². The van der Waals surface area contributed by atoms with Gasteiger partial charge in [0.15, 0.2) is 0 Å². The lowest BCUT2D eigenvalue weighted by atomic mass is 9.81. The van der Waals surface area contributed by atoms with Crippen LogP contribution >= 0.6 is 11.8 Å². The second kappa shape index (κ2) is 5.57. The van der Waals surface area contributed by atoms with Crippen molar-refractivity contribution in [3.63, 3.8) is 0 Å². The van der Waals surface area contributed by atoms with E-state index in [2.05, 4.69) is 41.4 Å². The van der Waals surface area contributed by atoms with E-state index >= 15 is 0 Å². The van der Waals surface area contributed by atoms with Gasteiger partial charge in [-0.15, -0.1) is 11.8 Å². The minimum Gasteiger partial charge on any atom is -0.263 e. The molecule has 0 spiro atoms. The topological polar surface area (TPSA) is 12.9 Å². The van der Waals surface area contributed by atoms with E-state index in [1.807, 2.05) is 24.2 Å². The Morgan fingerprint density at radius 3 is 2.67 bits per heavy atom. The normalized spacial score (nSPS) is 15.3. The van der Waals surface area contributed by atoms with Crippen molar-refractivity contribution in [2.75, 3.05) is 0 Å². The van der Waals surface area contributed by atoms with Gasteiger partial charge in [-0.2, -0.15) is 0 Å². The average Bonchev–Trinajstić information content (AvgIpc) is 2.36. The molecule has 2 heteroatoms. The molecule has 1 aliphatic rings. The summed E-state index contributed by atoms with van der Waals surface area (Å²) in [5.41, 5.74) is 2.80. The summed E-state index contributed by atoms with van der Waals surface area (Å²) in [6, 6.07) is 12.9. The molecule has 0 saturated heterocycles. The van der Waals surface area contributed by atoms with Crippen molar-refractivity contribution in [1.29, 1.82) is 0 Å². The largest absolute Gasteiger partial charge is 0.263 e. The van der Waals surface area contributed by atoms with Gasteiger partial charge < -0.3 is 0 Å². The number of hydrogen-bond donors (Lipinski definition) is 0. The Bertz CT molecular complexity index is 506. The summed E-state index contributed by atoms with van der Waals surface area (Å²) in [6.07, 6.45) is 8.08.